The average molecular weight is 439 g/mol. The molecule has 3 rings (SSSR count). The third-order valence-electron chi connectivity index (χ3n) is 4.75. The topological polar surface area (TPSA) is 76.2 Å². The Morgan fingerprint density at radius 2 is 1.69 bits per heavy atom. The molecular weight excluding hydrogens is 416 g/mol. The standard InChI is InChI=1S/C20H23ClN2O5S/c1-27-20(24)16-6-8-17(9-7-16)29(25,26)23-12-10-22(11-13-23)14-15-28-19-5-3-2-4-18(19)21/h2-9H,10-15H2,1H3. The van der Waals surface area contributed by atoms with Gasteiger partial charge in [-0.2, -0.15) is 4.31 Å². The van der Waals surface area contributed by atoms with Gasteiger partial charge in [-0.15, -0.1) is 0 Å². The van der Waals surface area contributed by atoms with Gasteiger partial charge >= 0.3 is 5.97 Å². The molecule has 0 atom stereocenters. The fraction of sp³-hybridized carbons (Fsp3) is 0.350. The van der Waals surface area contributed by atoms with E-state index in [0.29, 0.717) is 55.7 Å². The van der Waals surface area contributed by atoms with Crippen LogP contribution in [0.3, 0.4) is 0 Å². The van der Waals surface area contributed by atoms with Crippen molar-refractivity contribution in [3.8, 4) is 5.75 Å². The fourth-order valence-electron chi connectivity index (χ4n) is 3.07. The number of piperazine rings is 1. The fourth-order valence-corrected chi connectivity index (χ4v) is 4.68. The molecule has 2 aromatic rings. The molecule has 0 unspecified atom stereocenters. The third kappa shape index (κ3) is 5.27. The molecule has 0 radical (unpaired) electrons. The molecule has 1 heterocycles. The van der Waals surface area contributed by atoms with Crippen molar-refractivity contribution in [1.29, 1.82) is 0 Å². The summed E-state index contributed by atoms with van der Waals surface area (Å²) in [6.45, 7) is 3.19. The summed E-state index contributed by atoms with van der Waals surface area (Å²) in [5.74, 6) is 0.146. The van der Waals surface area contributed by atoms with Crippen LogP contribution in [0, 0.1) is 0 Å². The monoisotopic (exact) mass is 438 g/mol. The Kier molecular flexibility index (Phi) is 7.13. The minimum Gasteiger partial charge on any atom is -0.491 e. The lowest BCUT2D eigenvalue weighted by Gasteiger charge is -2.33. The quantitative estimate of drug-likeness (QED) is 0.618. The molecule has 9 heteroatoms. The second-order valence-corrected chi connectivity index (χ2v) is 8.89. The summed E-state index contributed by atoms with van der Waals surface area (Å²) < 4.78 is 37.5. The molecule has 29 heavy (non-hydrogen) atoms. The van der Waals surface area contributed by atoms with E-state index in [1.807, 2.05) is 18.2 Å². The van der Waals surface area contributed by atoms with Crippen LogP contribution in [0.4, 0.5) is 0 Å². The van der Waals surface area contributed by atoms with Crippen LogP contribution in [0.2, 0.25) is 5.02 Å². The molecule has 0 bridgehead atoms. The molecule has 1 aliphatic rings. The Morgan fingerprint density at radius 1 is 1.03 bits per heavy atom. The second-order valence-electron chi connectivity index (χ2n) is 6.54. The zero-order chi connectivity index (χ0) is 20.9. The van der Waals surface area contributed by atoms with E-state index in [1.165, 1.54) is 35.7 Å². The average Bonchev–Trinajstić information content (AvgIpc) is 2.75. The number of methoxy groups -OCH3 is 1. The summed E-state index contributed by atoms with van der Waals surface area (Å²) in [6, 6.07) is 13.1. The maximum atomic E-state index is 12.8. The Bertz CT molecular complexity index is 942. The highest BCUT2D eigenvalue weighted by Crippen LogP contribution is 2.23. The van der Waals surface area contributed by atoms with Crippen molar-refractivity contribution in [2.75, 3.05) is 46.4 Å². The summed E-state index contributed by atoms with van der Waals surface area (Å²) in [5, 5.41) is 0.571. The number of carbonyl (C=O) groups excluding carboxylic acids is 1. The van der Waals surface area contributed by atoms with Crippen molar-refractivity contribution < 1.29 is 22.7 Å². The highest BCUT2D eigenvalue weighted by Gasteiger charge is 2.28. The van der Waals surface area contributed by atoms with Crippen LogP contribution in [-0.2, 0) is 14.8 Å². The van der Waals surface area contributed by atoms with Crippen molar-refractivity contribution in [3.63, 3.8) is 0 Å². The van der Waals surface area contributed by atoms with Gasteiger partial charge in [0.2, 0.25) is 10.0 Å². The molecule has 1 saturated heterocycles. The summed E-state index contributed by atoms with van der Waals surface area (Å²) in [7, 11) is -2.31. The number of para-hydroxylation sites is 1. The van der Waals surface area contributed by atoms with Gasteiger partial charge in [0.15, 0.2) is 0 Å². The molecule has 0 amide bonds. The SMILES string of the molecule is COC(=O)c1ccc(S(=O)(=O)N2CCN(CCOc3ccccc3Cl)CC2)cc1. The zero-order valence-corrected chi connectivity index (χ0v) is 17.7. The van der Waals surface area contributed by atoms with E-state index in [9.17, 15) is 13.2 Å². The summed E-state index contributed by atoms with van der Waals surface area (Å²) in [5.41, 5.74) is 0.315. The molecule has 7 nitrogen and oxygen atoms in total. The van der Waals surface area contributed by atoms with E-state index in [1.54, 1.807) is 6.07 Å². The van der Waals surface area contributed by atoms with Crippen LogP contribution in [0.5, 0.6) is 5.75 Å². The minimum atomic E-state index is -3.60. The lowest BCUT2D eigenvalue weighted by atomic mass is 10.2. The Labute approximate surface area is 175 Å². The Morgan fingerprint density at radius 3 is 2.31 bits per heavy atom. The van der Waals surface area contributed by atoms with Crippen LogP contribution in [0.25, 0.3) is 0 Å². The summed E-state index contributed by atoms with van der Waals surface area (Å²) >= 11 is 6.07. The van der Waals surface area contributed by atoms with E-state index in [2.05, 4.69) is 9.64 Å². The molecule has 0 aliphatic carbocycles. The highest BCUT2D eigenvalue weighted by atomic mass is 35.5. The number of nitrogens with zero attached hydrogens (tertiary/aromatic N) is 2. The normalized spacial score (nSPS) is 15.8. The van der Waals surface area contributed by atoms with Crippen LogP contribution >= 0.6 is 11.6 Å². The first-order valence-electron chi connectivity index (χ1n) is 9.20. The molecule has 156 valence electrons. The van der Waals surface area contributed by atoms with E-state index in [4.69, 9.17) is 16.3 Å². The number of ether oxygens (including phenoxy) is 2. The minimum absolute atomic E-state index is 0.167. The number of halogens is 1. The molecule has 0 spiro atoms. The van der Waals surface area contributed by atoms with Gasteiger partial charge in [-0.05, 0) is 36.4 Å². The van der Waals surface area contributed by atoms with E-state index < -0.39 is 16.0 Å². The van der Waals surface area contributed by atoms with Gasteiger partial charge < -0.3 is 9.47 Å². The van der Waals surface area contributed by atoms with Gasteiger partial charge in [-0.1, -0.05) is 23.7 Å². The van der Waals surface area contributed by atoms with Crippen LogP contribution < -0.4 is 4.74 Å². The van der Waals surface area contributed by atoms with E-state index in [0.717, 1.165) is 0 Å². The second kappa shape index (κ2) is 9.58. The van der Waals surface area contributed by atoms with Crippen molar-refractivity contribution in [2.45, 2.75) is 4.90 Å². The number of sulfonamides is 1. The first-order chi connectivity index (χ1) is 13.9. The molecule has 1 aliphatic heterocycles. The van der Waals surface area contributed by atoms with Gasteiger partial charge in [0.05, 0.1) is 22.6 Å². The Balaban J connectivity index is 1.51. The maximum Gasteiger partial charge on any atom is 0.337 e. The number of benzene rings is 2. The number of rotatable bonds is 7. The molecule has 0 N–H and O–H groups in total. The van der Waals surface area contributed by atoms with Crippen molar-refractivity contribution in [3.05, 3.63) is 59.1 Å². The molecule has 0 aromatic heterocycles. The number of hydrogen-bond donors (Lipinski definition) is 0. The molecular formula is C20H23ClN2O5S. The number of hydrogen-bond acceptors (Lipinski definition) is 6. The predicted molar refractivity (Wildman–Crippen MR) is 110 cm³/mol. The number of esters is 1. The smallest absolute Gasteiger partial charge is 0.337 e. The first-order valence-corrected chi connectivity index (χ1v) is 11.0. The van der Waals surface area contributed by atoms with Crippen LogP contribution in [0.1, 0.15) is 10.4 Å². The highest BCUT2D eigenvalue weighted by molar-refractivity contribution is 7.89. The van der Waals surface area contributed by atoms with Gasteiger partial charge in [0.25, 0.3) is 0 Å². The lowest BCUT2D eigenvalue weighted by Crippen LogP contribution is -2.49. The largest absolute Gasteiger partial charge is 0.491 e. The summed E-state index contributed by atoms with van der Waals surface area (Å²) in [6.07, 6.45) is 0. The molecule has 0 saturated carbocycles. The van der Waals surface area contributed by atoms with Gasteiger partial charge in [0.1, 0.15) is 12.4 Å². The zero-order valence-electron chi connectivity index (χ0n) is 16.1. The first kappa shape index (κ1) is 21.6. The third-order valence-corrected chi connectivity index (χ3v) is 6.97. The molecule has 1 fully saturated rings. The van der Waals surface area contributed by atoms with E-state index >= 15 is 0 Å². The number of carbonyl (C=O) groups is 1. The predicted octanol–water partition coefficient (Wildman–Crippen LogP) is 2.51. The Hall–Kier alpha value is -2.13. The lowest BCUT2D eigenvalue weighted by molar-refractivity contribution is 0.0600. The van der Waals surface area contributed by atoms with Crippen molar-refractivity contribution >= 4 is 27.6 Å². The van der Waals surface area contributed by atoms with E-state index in [-0.39, 0.29) is 4.90 Å². The van der Waals surface area contributed by atoms with Crippen LogP contribution in [0.15, 0.2) is 53.4 Å². The molecule has 2 aromatic carbocycles. The van der Waals surface area contributed by atoms with Gasteiger partial charge in [-0.25, -0.2) is 13.2 Å². The maximum absolute atomic E-state index is 12.8. The summed E-state index contributed by atoms with van der Waals surface area (Å²) in [4.78, 5) is 13.8. The van der Waals surface area contributed by atoms with Gasteiger partial charge in [0, 0.05) is 32.7 Å². The van der Waals surface area contributed by atoms with Crippen molar-refractivity contribution in [1.82, 2.24) is 9.21 Å². The van der Waals surface area contributed by atoms with Crippen LogP contribution in [-0.4, -0.2) is 70.0 Å². The van der Waals surface area contributed by atoms with Gasteiger partial charge in [-0.3, -0.25) is 4.90 Å². The van der Waals surface area contributed by atoms with Crippen molar-refractivity contribution in [2.24, 2.45) is 0 Å².